The lowest BCUT2D eigenvalue weighted by atomic mass is 10.0. The molecular weight excluding hydrogens is 264 g/mol. The van der Waals surface area contributed by atoms with Crippen molar-refractivity contribution in [2.24, 2.45) is 11.7 Å². The van der Waals surface area contributed by atoms with Crippen molar-refractivity contribution in [3.63, 3.8) is 0 Å². The van der Waals surface area contributed by atoms with Crippen LogP contribution < -0.4 is 5.73 Å². The number of likely N-dealkylation sites (N-methyl/N-ethyl adjacent to an activating group) is 1. The van der Waals surface area contributed by atoms with Crippen molar-refractivity contribution >= 4 is 12.2 Å². The monoisotopic (exact) mass is 288 g/mol. The molecule has 0 saturated carbocycles. The summed E-state index contributed by atoms with van der Waals surface area (Å²) in [7, 11) is 3.94. The van der Waals surface area contributed by atoms with Gasteiger partial charge in [-0.1, -0.05) is 13.8 Å². The van der Waals surface area contributed by atoms with Crippen molar-refractivity contribution in [2.45, 2.75) is 39.0 Å². The van der Waals surface area contributed by atoms with Crippen LogP contribution >= 0.6 is 12.2 Å². The Morgan fingerprint density at radius 3 is 2.63 bits per heavy atom. The maximum absolute atomic E-state index is 10.1. The van der Waals surface area contributed by atoms with Crippen molar-refractivity contribution < 1.29 is 9.52 Å². The molecule has 0 radical (unpaired) electrons. The van der Waals surface area contributed by atoms with Crippen LogP contribution in [-0.4, -0.2) is 46.5 Å². The lowest BCUT2D eigenvalue weighted by molar-refractivity contribution is 0.106. The van der Waals surface area contributed by atoms with E-state index in [2.05, 4.69) is 18.9 Å². The van der Waals surface area contributed by atoms with E-state index in [-0.39, 0.29) is 10.7 Å². The lowest BCUT2D eigenvalue weighted by Gasteiger charge is -2.17. The van der Waals surface area contributed by atoms with E-state index in [0.717, 1.165) is 6.54 Å². The van der Waals surface area contributed by atoms with Gasteiger partial charge in [-0.2, -0.15) is 0 Å². The van der Waals surface area contributed by atoms with Gasteiger partial charge in [-0.15, -0.1) is 5.10 Å². The normalized spacial score (nSPS) is 15.2. The highest BCUT2D eigenvalue weighted by atomic mass is 32.1. The standard InChI is InChI=1S/C12H24N4O2S/c1-8(2)7-9(13)10(17)11-14-16(12(19)18-11)6-5-15(3)4/h8-10,17H,5-7,13H2,1-4H3/t9-,10?/m0/s1. The molecule has 0 aliphatic rings. The summed E-state index contributed by atoms with van der Waals surface area (Å²) in [6.45, 7) is 5.53. The topological polar surface area (TPSA) is 80.4 Å². The zero-order chi connectivity index (χ0) is 14.6. The molecule has 1 unspecified atom stereocenters. The number of nitrogens with zero attached hydrogens (tertiary/aromatic N) is 3. The second-order valence-electron chi connectivity index (χ2n) is 5.47. The van der Waals surface area contributed by atoms with E-state index >= 15 is 0 Å². The fourth-order valence-electron chi connectivity index (χ4n) is 1.73. The minimum absolute atomic E-state index is 0.205. The molecule has 1 aromatic heterocycles. The largest absolute Gasteiger partial charge is 0.411 e. The number of nitrogens with two attached hydrogens (primary N) is 1. The number of aromatic nitrogens is 2. The first kappa shape index (κ1) is 16.3. The van der Waals surface area contributed by atoms with Crippen LogP contribution in [0.5, 0.6) is 0 Å². The van der Waals surface area contributed by atoms with Crippen LogP contribution in [0.3, 0.4) is 0 Å². The van der Waals surface area contributed by atoms with Gasteiger partial charge in [0.15, 0.2) is 0 Å². The number of hydrogen-bond donors (Lipinski definition) is 2. The fraction of sp³-hybridized carbons (Fsp3) is 0.833. The quantitative estimate of drug-likeness (QED) is 0.733. The number of rotatable bonds is 7. The molecule has 3 N–H and O–H groups in total. The third kappa shape index (κ3) is 5.02. The van der Waals surface area contributed by atoms with Gasteiger partial charge in [0.25, 0.3) is 4.84 Å². The van der Waals surface area contributed by atoms with Crippen LogP contribution in [0.1, 0.15) is 32.3 Å². The van der Waals surface area contributed by atoms with Gasteiger partial charge in [0.05, 0.1) is 6.54 Å². The molecule has 0 aliphatic carbocycles. The van der Waals surface area contributed by atoms with Gasteiger partial charge in [-0.3, -0.25) is 0 Å². The van der Waals surface area contributed by atoms with Crippen molar-refractivity contribution in [3.8, 4) is 0 Å². The Morgan fingerprint density at radius 1 is 1.47 bits per heavy atom. The van der Waals surface area contributed by atoms with E-state index in [1.807, 2.05) is 19.0 Å². The molecular formula is C12H24N4O2S. The summed E-state index contributed by atoms with van der Waals surface area (Å²) in [5.41, 5.74) is 5.93. The molecule has 0 spiro atoms. The molecule has 0 bridgehead atoms. The summed E-state index contributed by atoms with van der Waals surface area (Å²) in [4.78, 5) is 2.30. The van der Waals surface area contributed by atoms with Gasteiger partial charge in [0, 0.05) is 12.6 Å². The molecule has 0 aromatic carbocycles. The molecule has 0 aliphatic heterocycles. The smallest absolute Gasteiger partial charge is 0.287 e. The third-order valence-electron chi connectivity index (χ3n) is 2.78. The second kappa shape index (κ2) is 7.14. The highest BCUT2D eigenvalue weighted by molar-refractivity contribution is 7.71. The molecule has 1 aromatic rings. The van der Waals surface area contributed by atoms with Crippen LogP contribution in [0, 0.1) is 10.8 Å². The predicted molar refractivity (Wildman–Crippen MR) is 76.3 cm³/mol. The lowest BCUT2D eigenvalue weighted by Crippen LogP contribution is -2.30. The summed E-state index contributed by atoms with van der Waals surface area (Å²) in [5, 5.41) is 14.3. The van der Waals surface area contributed by atoms with E-state index in [9.17, 15) is 5.11 Å². The van der Waals surface area contributed by atoms with Crippen molar-refractivity contribution in [1.82, 2.24) is 14.7 Å². The summed E-state index contributed by atoms with van der Waals surface area (Å²) >= 11 is 5.08. The Morgan fingerprint density at radius 2 is 2.11 bits per heavy atom. The Balaban J connectivity index is 2.74. The van der Waals surface area contributed by atoms with Crippen LogP contribution in [0.15, 0.2) is 4.42 Å². The van der Waals surface area contributed by atoms with Gasteiger partial charge < -0.3 is 20.2 Å². The second-order valence-corrected chi connectivity index (χ2v) is 5.82. The highest BCUT2D eigenvalue weighted by Gasteiger charge is 2.23. The molecule has 110 valence electrons. The maximum atomic E-state index is 10.1. The number of hydrogen-bond acceptors (Lipinski definition) is 6. The van der Waals surface area contributed by atoms with Crippen molar-refractivity contribution in [1.29, 1.82) is 0 Å². The van der Waals surface area contributed by atoms with Crippen molar-refractivity contribution in [2.75, 3.05) is 20.6 Å². The summed E-state index contributed by atoms with van der Waals surface area (Å²) in [6, 6.07) is -0.393. The molecule has 19 heavy (non-hydrogen) atoms. The Hall–Kier alpha value is -0.760. The molecule has 2 atom stereocenters. The number of aliphatic hydroxyl groups excluding tert-OH is 1. The van der Waals surface area contributed by atoms with Crippen LogP contribution in [0.4, 0.5) is 0 Å². The number of aliphatic hydroxyl groups is 1. The van der Waals surface area contributed by atoms with E-state index < -0.39 is 12.1 Å². The van der Waals surface area contributed by atoms with Crippen LogP contribution in [0.25, 0.3) is 0 Å². The van der Waals surface area contributed by atoms with Gasteiger partial charge in [0.2, 0.25) is 5.89 Å². The average Bonchev–Trinajstić information content (AvgIpc) is 2.66. The first-order chi connectivity index (χ1) is 8.81. The molecule has 0 amide bonds. The zero-order valence-corrected chi connectivity index (χ0v) is 12.9. The highest BCUT2D eigenvalue weighted by Crippen LogP contribution is 2.19. The molecule has 7 heteroatoms. The Labute approximate surface area is 119 Å². The van der Waals surface area contributed by atoms with Crippen LogP contribution in [0.2, 0.25) is 0 Å². The zero-order valence-electron chi connectivity index (χ0n) is 12.0. The summed E-state index contributed by atoms with van der Waals surface area (Å²) in [5.74, 6) is 0.611. The van der Waals surface area contributed by atoms with E-state index in [1.165, 1.54) is 0 Å². The van der Waals surface area contributed by atoms with E-state index in [1.54, 1.807) is 4.68 Å². The maximum Gasteiger partial charge on any atom is 0.287 e. The SMILES string of the molecule is CC(C)C[C@H](N)C(O)c1nn(CCN(C)C)c(=S)o1. The summed E-state index contributed by atoms with van der Waals surface area (Å²) in [6.07, 6.45) is -0.210. The van der Waals surface area contributed by atoms with Gasteiger partial charge in [0.1, 0.15) is 6.10 Å². The average molecular weight is 288 g/mol. The first-order valence-electron chi connectivity index (χ1n) is 6.47. The molecule has 0 fully saturated rings. The Bertz CT molecular complexity index is 441. The molecule has 1 rings (SSSR count). The van der Waals surface area contributed by atoms with Gasteiger partial charge in [-0.25, -0.2) is 4.68 Å². The molecule has 1 heterocycles. The predicted octanol–water partition coefficient (Wildman–Crippen LogP) is 1.17. The Kier molecular flexibility index (Phi) is 6.12. The third-order valence-corrected chi connectivity index (χ3v) is 3.08. The minimum atomic E-state index is -0.912. The summed E-state index contributed by atoms with van der Waals surface area (Å²) < 4.78 is 6.91. The fourth-order valence-corrected chi connectivity index (χ4v) is 1.95. The van der Waals surface area contributed by atoms with Crippen LogP contribution in [-0.2, 0) is 6.54 Å². The van der Waals surface area contributed by atoms with E-state index in [4.69, 9.17) is 22.4 Å². The van der Waals surface area contributed by atoms with Crippen molar-refractivity contribution in [3.05, 3.63) is 10.7 Å². The van der Waals surface area contributed by atoms with E-state index in [0.29, 0.717) is 18.9 Å². The first-order valence-corrected chi connectivity index (χ1v) is 6.88. The molecule has 6 nitrogen and oxygen atoms in total. The minimum Gasteiger partial charge on any atom is -0.411 e. The molecule has 0 saturated heterocycles. The van der Waals surface area contributed by atoms with Gasteiger partial charge in [-0.05, 0) is 38.7 Å². The van der Waals surface area contributed by atoms with Gasteiger partial charge >= 0.3 is 0 Å².